The lowest BCUT2D eigenvalue weighted by atomic mass is 10.0. The quantitative estimate of drug-likeness (QED) is 0.718. The van der Waals surface area contributed by atoms with E-state index in [0.29, 0.717) is 5.56 Å². The molecule has 1 aliphatic rings. The summed E-state index contributed by atoms with van der Waals surface area (Å²) < 4.78 is 2.90. The van der Waals surface area contributed by atoms with Crippen LogP contribution < -0.4 is 5.32 Å². The van der Waals surface area contributed by atoms with Gasteiger partial charge in [-0.05, 0) is 49.1 Å². The molecule has 1 aromatic carbocycles. The number of amides is 2. The Balaban J connectivity index is 1.54. The molecule has 3 heterocycles. The number of rotatable bonds is 5. The van der Waals surface area contributed by atoms with Crippen molar-refractivity contribution in [2.75, 3.05) is 13.1 Å². The number of fused-ring (bicyclic) bond motifs is 1. The van der Waals surface area contributed by atoms with Gasteiger partial charge in [-0.3, -0.25) is 9.59 Å². The molecular formula is C21H24N4O2S. The van der Waals surface area contributed by atoms with Gasteiger partial charge in [0, 0.05) is 31.0 Å². The van der Waals surface area contributed by atoms with Crippen molar-refractivity contribution in [3.8, 4) is 5.13 Å². The second-order valence-electron chi connectivity index (χ2n) is 7.50. The normalized spacial score (nSPS) is 15.3. The molecule has 0 aliphatic carbocycles. The number of carbonyl (C=O) groups is 2. The van der Waals surface area contributed by atoms with Crippen LogP contribution in [-0.4, -0.2) is 45.4 Å². The van der Waals surface area contributed by atoms with Crippen LogP contribution in [0.3, 0.4) is 0 Å². The Kier molecular flexibility index (Phi) is 5.17. The SMILES string of the molecule is CC(C)[C@H](NC(=O)c1ccc2nc(-n3cccc3)sc2c1)C(=O)N1CCCC1. The van der Waals surface area contributed by atoms with E-state index in [1.165, 1.54) is 11.3 Å². The Hall–Kier alpha value is -2.67. The van der Waals surface area contributed by atoms with Crippen LogP contribution in [0.15, 0.2) is 42.7 Å². The number of likely N-dealkylation sites (tertiary alicyclic amines) is 1. The molecule has 0 radical (unpaired) electrons. The number of thiazole rings is 1. The van der Waals surface area contributed by atoms with Crippen LogP contribution in [0.2, 0.25) is 0 Å². The van der Waals surface area contributed by atoms with Crippen LogP contribution in [0.5, 0.6) is 0 Å². The highest BCUT2D eigenvalue weighted by Gasteiger charge is 2.30. The summed E-state index contributed by atoms with van der Waals surface area (Å²) in [4.78, 5) is 32.1. The van der Waals surface area contributed by atoms with Crippen molar-refractivity contribution < 1.29 is 9.59 Å². The van der Waals surface area contributed by atoms with Gasteiger partial charge in [0.15, 0.2) is 5.13 Å². The minimum Gasteiger partial charge on any atom is -0.341 e. The van der Waals surface area contributed by atoms with E-state index in [0.717, 1.165) is 41.3 Å². The number of carbonyl (C=O) groups excluding carboxylic acids is 2. The second kappa shape index (κ2) is 7.75. The highest BCUT2D eigenvalue weighted by Crippen LogP contribution is 2.26. The molecule has 0 bridgehead atoms. The van der Waals surface area contributed by atoms with Crippen LogP contribution in [0.1, 0.15) is 37.0 Å². The average molecular weight is 397 g/mol. The number of benzene rings is 1. The third kappa shape index (κ3) is 3.67. The highest BCUT2D eigenvalue weighted by atomic mass is 32.1. The van der Waals surface area contributed by atoms with Crippen molar-refractivity contribution in [2.24, 2.45) is 5.92 Å². The van der Waals surface area contributed by atoms with Gasteiger partial charge in [0.1, 0.15) is 6.04 Å². The molecule has 1 N–H and O–H groups in total. The first-order valence-corrected chi connectivity index (χ1v) is 10.5. The van der Waals surface area contributed by atoms with Crippen molar-refractivity contribution in [3.63, 3.8) is 0 Å². The molecule has 1 fully saturated rings. The molecule has 4 rings (SSSR count). The van der Waals surface area contributed by atoms with Crippen molar-refractivity contribution in [3.05, 3.63) is 48.3 Å². The zero-order valence-corrected chi connectivity index (χ0v) is 16.9. The second-order valence-corrected chi connectivity index (χ2v) is 8.51. The minimum absolute atomic E-state index is 0.0228. The van der Waals surface area contributed by atoms with E-state index in [1.54, 1.807) is 6.07 Å². The van der Waals surface area contributed by atoms with E-state index < -0.39 is 6.04 Å². The van der Waals surface area contributed by atoms with Crippen LogP contribution in [0, 0.1) is 5.92 Å². The van der Waals surface area contributed by atoms with Gasteiger partial charge in [0.25, 0.3) is 5.91 Å². The molecule has 0 spiro atoms. The maximum Gasteiger partial charge on any atom is 0.251 e. The Morgan fingerprint density at radius 2 is 1.86 bits per heavy atom. The summed E-state index contributed by atoms with van der Waals surface area (Å²) in [6, 6.07) is 8.89. The lowest BCUT2D eigenvalue weighted by molar-refractivity contribution is -0.133. The maximum absolute atomic E-state index is 12.9. The number of nitrogens with zero attached hydrogens (tertiary/aromatic N) is 3. The first-order valence-electron chi connectivity index (χ1n) is 9.66. The monoisotopic (exact) mass is 396 g/mol. The largest absolute Gasteiger partial charge is 0.341 e. The van der Waals surface area contributed by atoms with E-state index in [1.807, 2.05) is 60.0 Å². The molecule has 146 valence electrons. The zero-order valence-electron chi connectivity index (χ0n) is 16.1. The predicted octanol–water partition coefficient (Wildman–Crippen LogP) is 3.46. The third-order valence-corrected chi connectivity index (χ3v) is 6.13. The molecule has 1 aliphatic heterocycles. The smallest absolute Gasteiger partial charge is 0.251 e. The number of hydrogen-bond acceptors (Lipinski definition) is 4. The molecule has 28 heavy (non-hydrogen) atoms. The van der Waals surface area contributed by atoms with Crippen LogP contribution in [0.4, 0.5) is 0 Å². The summed E-state index contributed by atoms with van der Waals surface area (Å²) in [5.74, 6) is -0.164. The molecule has 0 unspecified atom stereocenters. The molecular weight excluding hydrogens is 372 g/mol. The van der Waals surface area contributed by atoms with E-state index in [9.17, 15) is 9.59 Å². The minimum atomic E-state index is -0.502. The van der Waals surface area contributed by atoms with Crippen molar-refractivity contribution in [1.29, 1.82) is 0 Å². The molecule has 0 saturated carbocycles. The summed E-state index contributed by atoms with van der Waals surface area (Å²) in [6.45, 7) is 5.50. The Morgan fingerprint density at radius 1 is 1.14 bits per heavy atom. The van der Waals surface area contributed by atoms with Gasteiger partial charge < -0.3 is 14.8 Å². The van der Waals surface area contributed by atoms with Crippen molar-refractivity contribution in [2.45, 2.75) is 32.7 Å². The Labute approximate surface area is 168 Å². The van der Waals surface area contributed by atoms with Gasteiger partial charge in [0.2, 0.25) is 5.91 Å². The van der Waals surface area contributed by atoms with Gasteiger partial charge in [-0.1, -0.05) is 25.2 Å². The summed E-state index contributed by atoms with van der Waals surface area (Å²) in [5.41, 5.74) is 1.41. The van der Waals surface area contributed by atoms with Crippen molar-refractivity contribution >= 4 is 33.4 Å². The summed E-state index contributed by atoms with van der Waals surface area (Å²) in [6.07, 6.45) is 5.97. The number of nitrogens with one attached hydrogen (secondary N) is 1. The fourth-order valence-electron chi connectivity index (χ4n) is 3.50. The molecule has 2 amide bonds. The van der Waals surface area contributed by atoms with Crippen LogP contribution >= 0.6 is 11.3 Å². The number of aromatic nitrogens is 2. The molecule has 1 atom stereocenters. The van der Waals surface area contributed by atoms with Crippen LogP contribution in [-0.2, 0) is 4.79 Å². The first-order chi connectivity index (χ1) is 13.5. The van der Waals surface area contributed by atoms with Crippen molar-refractivity contribution in [1.82, 2.24) is 19.8 Å². The zero-order chi connectivity index (χ0) is 19.7. The third-order valence-electron chi connectivity index (χ3n) is 5.10. The van der Waals surface area contributed by atoms with E-state index in [2.05, 4.69) is 10.3 Å². The molecule has 1 saturated heterocycles. The standard InChI is InChI=1S/C21H24N4O2S/c1-14(2)18(20(27)24-9-3-4-10-24)23-19(26)15-7-8-16-17(13-15)28-21(22-16)25-11-5-6-12-25/h5-8,11-14,18H,3-4,9-10H2,1-2H3,(H,23,26)/t18-/m0/s1. The first kappa shape index (κ1) is 18.7. The molecule has 7 heteroatoms. The van der Waals surface area contributed by atoms with Gasteiger partial charge in [0.05, 0.1) is 10.2 Å². The van der Waals surface area contributed by atoms with E-state index in [-0.39, 0.29) is 17.7 Å². The molecule has 6 nitrogen and oxygen atoms in total. The molecule has 2 aromatic heterocycles. The summed E-state index contributed by atoms with van der Waals surface area (Å²) >= 11 is 1.54. The van der Waals surface area contributed by atoms with E-state index in [4.69, 9.17) is 0 Å². The lowest BCUT2D eigenvalue weighted by Crippen LogP contribution is -2.50. The van der Waals surface area contributed by atoms with Gasteiger partial charge >= 0.3 is 0 Å². The highest BCUT2D eigenvalue weighted by molar-refractivity contribution is 7.20. The van der Waals surface area contributed by atoms with Gasteiger partial charge in [-0.15, -0.1) is 0 Å². The summed E-state index contributed by atoms with van der Waals surface area (Å²) in [5, 5.41) is 3.82. The maximum atomic E-state index is 12.9. The Morgan fingerprint density at radius 3 is 2.54 bits per heavy atom. The van der Waals surface area contributed by atoms with Gasteiger partial charge in [-0.2, -0.15) is 0 Å². The van der Waals surface area contributed by atoms with Crippen LogP contribution in [0.25, 0.3) is 15.3 Å². The van der Waals surface area contributed by atoms with Gasteiger partial charge in [-0.25, -0.2) is 4.98 Å². The average Bonchev–Trinajstić information content (AvgIpc) is 3.44. The fourth-order valence-corrected chi connectivity index (χ4v) is 4.47. The number of hydrogen-bond donors (Lipinski definition) is 1. The predicted molar refractivity (Wildman–Crippen MR) is 111 cm³/mol. The fraction of sp³-hybridized carbons (Fsp3) is 0.381. The Bertz CT molecular complexity index is 987. The lowest BCUT2D eigenvalue weighted by Gasteiger charge is -2.26. The van der Waals surface area contributed by atoms with E-state index >= 15 is 0 Å². The molecule has 3 aromatic rings. The topological polar surface area (TPSA) is 67.2 Å². The summed E-state index contributed by atoms with van der Waals surface area (Å²) in [7, 11) is 0.